The lowest BCUT2D eigenvalue weighted by atomic mass is 9.93. The maximum Gasteiger partial charge on any atom is 0.324 e. The molecule has 2 heterocycles. The lowest BCUT2D eigenvalue weighted by Crippen LogP contribution is -2.11. The molecule has 0 fully saturated rings. The number of nitro groups is 1. The largest absolute Gasteiger partial charge is 0.324 e. The third kappa shape index (κ3) is 3.48. The molecule has 0 atom stereocenters. The van der Waals surface area contributed by atoms with Gasteiger partial charge in [0, 0.05) is 22.2 Å². The van der Waals surface area contributed by atoms with Crippen LogP contribution in [0.1, 0.15) is 37.0 Å². The summed E-state index contributed by atoms with van der Waals surface area (Å²) in [4.78, 5) is 14.8. The van der Waals surface area contributed by atoms with Gasteiger partial charge < -0.3 is 0 Å². The first-order valence-corrected chi connectivity index (χ1v) is 7.49. The van der Waals surface area contributed by atoms with E-state index in [-0.39, 0.29) is 15.3 Å². The van der Waals surface area contributed by atoms with Crippen LogP contribution in [0.2, 0.25) is 0 Å². The van der Waals surface area contributed by atoms with Crippen molar-refractivity contribution in [3.8, 4) is 0 Å². The molecule has 0 unspecified atom stereocenters. The molecule has 19 heavy (non-hydrogen) atoms. The summed E-state index contributed by atoms with van der Waals surface area (Å²) in [5.41, 5.74) is 1.95. The second-order valence-electron chi connectivity index (χ2n) is 5.13. The zero-order valence-corrected chi connectivity index (χ0v) is 12.5. The summed E-state index contributed by atoms with van der Waals surface area (Å²) in [6, 6.07) is 1.57. The Kier molecular flexibility index (Phi) is 3.82. The van der Waals surface area contributed by atoms with E-state index in [0.29, 0.717) is 0 Å². The predicted octanol–water partition coefficient (Wildman–Crippen LogP) is 4.58. The third-order valence-corrected chi connectivity index (χ3v) is 4.20. The van der Waals surface area contributed by atoms with E-state index in [1.54, 1.807) is 22.8 Å². The number of thiazole rings is 1. The maximum atomic E-state index is 10.6. The second kappa shape index (κ2) is 5.22. The highest BCUT2D eigenvalue weighted by Crippen LogP contribution is 2.26. The van der Waals surface area contributed by atoms with Crippen molar-refractivity contribution in [3.05, 3.63) is 43.2 Å². The monoisotopic (exact) mass is 294 g/mol. The number of aromatic nitrogens is 1. The number of rotatable bonds is 3. The van der Waals surface area contributed by atoms with Crippen LogP contribution in [0.15, 0.2) is 16.8 Å². The van der Waals surface area contributed by atoms with E-state index in [1.165, 1.54) is 0 Å². The smallest absolute Gasteiger partial charge is 0.258 e. The van der Waals surface area contributed by atoms with E-state index in [2.05, 4.69) is 31.1 Å². The van der Waals surface area contributed by atoms with Crippen LogP contribution in [0, 0.1) is 10.1 Å². The zero-order valence-electron chi connectivity index (χ0n) is 10.9. The van der Waals surface area contributed by atoms with E-state index in [9.17, 15) is 10.1 Å². The first kappa shape index (κ1) is 13.9. The quantitative estimate of drug-likeness (QED) is 0.615. The SMILES string of the molecule is CC(C)(C)c1csc(/C=C/c2csc([N+](=O)[O-])c2)n1. The van der Waals surface area contributed by atoms with E-state index >= 15 is 0 Å². The summed E-state index contributed by atoms with van der Waals surface area (Å²) in [6.07, 6.45) is 3.75. The Bertz CT molecular complexity index is 621. The molecule has 0 aliphatic carbocycles. The van der Waals surface area contributed by atoms with Crippen LogP contribution < -0.4 is 0 Å². The Morgan fingerprint density at radius 2 is 2.00 bits per heavy atom. The van der Waals surface area contributed by atoms with Gasteiger partial charge in [0.05, 0.1) is 10.6 Å². The Balaban J connectivity index is 2.14. The van der Waals surface area contributed by atoms with Crippen molar-refractivity contribution >= 4 is 39.8 Å². The van der Waals surface area contributed by atoms with Crippen LogP contribution in [-0.2, 0) is 5.41 Å². The second-order valence-corrected chi connectivity index (χ2v) is 6.91. The van der Waals surface area contributed by atoms with Crippen molar-refractivity contribution in [2.24, 2.45) is 0 Å². The summed E-state index contributed by atoms with van der Waals surface area (Å²) in [7, 11) is 0. The molecule has 0 amide bonds. The summed E-state index contributed by atoms with van der Waals surface area (Å²) in [5, 5.41) is 15.5. The molecule has 0 N–H and O–H groups in total. The van der Waals surface area contributed by atoms with E-state index in [4.69, 9.17) is 0 Å². The molecule has 100 valence electrons. The van der Waals surface area contributed by atoms with Gasteiger partial charge in [-0.05, 0) is 11.6 Å². The first-order valence-electron chi connectivity index (χ1n) is 5.73. The standard InChI is InChI=1S/C13H14N2O2S2/c1-13(2,3)10-8-18-11(14-10)5-4-9-6-12(15(16)17)19-7-9/h4-8H,1-3H3/b5-4+. The number of thiophene rings is 1. The highest BCUT2D eigenvalue weighted by molar-refractivity contribution is 7.13. The van der Waals surface area contributed by atoms with Gasteiger partial charge in [0.25, 0.3) is 0 Å². The van der Waals surface area contributed by atoms with Gasteiger partial charge in [0.15, 0.2) is 0 Å². The fraction of sp³-hybridized carbons (Fsp3) is 0.308. The normalized spacial score (nSPS) is 12.2. The Hall–Kier alpha value is -1.53. The van der Waals surface area contributed by atoms with Gasteiger partial charge in [0.2, 0.25) is 0 Å². The van der Waals surface area contributed by atoms with Crippen molar-refractivity contribution in [3.63, 3.8) is 0 Å². The first-order chi connectivity index (χ1) is 8.86. The molecule has 0 spiro atoms. The van der Waals surface area contributed by atoms with Crippen molar-refractivity contribution in [2.45, 2.75) is 26.2 Å². The van der Waals surface area contributed by atoms with Crippen molar-refractivity contribution < 1.29 is 4.92 Å². The van der Waals surface area contributed by atoms with Crippen LogP contribution in [0.5, 0.6) is 0 Å². The average molecular weight is 294 g/mol. The number of hydrogen-bond donors (Lipinski definition) is 0. The lowest BCUT2D eigenvalue weighted by Gasteiger charge is -2.13. The molecule has 2 aromatic rings. The van der Waals surface area contributed by atoms with E-state index in [0.717, 1.165) is 27.6 Å². The minimum atomic E-state index is -0.372. The molecule has 4 nitrogen and oxygen atoms in total. The van der Waals surface area contributed by atoms with Crippen LogP contribution in [0.25, 0.3) is 12.2 Å². The Morgan fingerprint density at radius 1 is 1.26 bits per heavy atom. The van der Waals surface area contributed by atoms with Crippen LogP contribution in [-0.4, -0.2) is 9.91 Å². The Morgan fingerprint density at radius 3 is 2.53 bits per heavy atom. The maximum absolute atomic E-state index is 10.6. The molecular weight excluding hydrogens is 280 g/mol. The molecule has 0 aromatic carbocycles. The number of nitrogens with zero attached hydrogens (tertiary/aromatic N) is 2. The van der Waals surface area contributed by atoms with E-state index in [1.807, 2.05) is 12.2 Å². The van der Waals surface area contributed by atoms with Gasteiger partial charge in [-0.2, -0.15) is 0 Å². The molecule has 0 aliphatic heterocycles. The molecule has 2 rings (SSSR count). The minimum absolute atomic E-state index is 0.0454. The van der Waals surface area contributed by atoms with Crippen LogP contribution >= 0.6 is 22.7 Å². The number of hydrogen-bond acceptors (Lipinski definition) is 5. The molecule has 0 radical (unpaired) electrons. The predicted molar refractivity (Wildman–Crippen MR) is 80.7 cm³/mol. The van der Waals surface area contributed by atoms with Crippen LogP contribution in [0.4, 0.5) is 5.00 Å². The molecule has 0 aliphatic rings. The molecule has 0 saturated heterocycles. The summed E-state index contributed by atoms with van der Waals surface area (Å²) in [6.45, 7) is 6.37. The van der Waals surface area contributed by atoms with Gasteiger partial charge in [0.1, 0.15) is 5.01 Å². The molecule has 0 saturated carbocycles. The van der Waals surface area contributed by atoms with Gasteiger partial charge in [-0.3, -0.25) is 10.1 Å². The Labute approximate surface area is 119 Å². The summed E-state index contributed by atoms with van der Waals surface area (Å²) < 4.78 is 0. The van der Waals surface area contributed by atoms with Crippen molar-refractivity contribution in [1.29, 1.82) is 0 Å². The zero-order chi connectivity index (χ0) is 14.0. The van der Waals surface area contributed by atoms with Gasteiger partial charge in [-0.1, -0.05) is 38.2 Å². The molecular formula is C13H14N2O2S2. The van der Waals surface area contributed by atoms with Gasteiger partial charge >= 0.3 is 5.00 Å². The summed E-state index contributed by atoms with van der Waals surface area (Å²) >= 11 is 2.72. The van der Waals surface area contributed by atoms with E-state index < -0.39 is 0 Å². The molecule has 6 heteroatoms. The van der Waals surface area contributed by atoms with Crippen molar-refractivity contribution in [2.75, 3.05) is 0 Å². The minimum Gasteiger partial charge on any atom is -0.258 e. The lowest BCUT2D eigenvalue weighted by molar-refractivity contribution is -0.380. The van der Waals surface area contributed by atoms with Gasteiger partial charge in [-0.25, -0.2) is 4.98 Å². The van der Waals surface area contributed by atoms with Crippen LogP contribution in [0.3, 0.4) is 0 Å². The molecule has 0 bridgehead atoms. The summed E-state index contributed by atoms with van der Waals surface area (Å²) in [5.74, 6) is 0. The topological polar surface area (TPSA) is 56.0 Å². The third-order valence-electron chi connectivity index (χ3n) is 2.49. The van der Waals surface area contributed by atoms with Gasteiger partial charge in [-0.15, -0.1) is 11.3 Å². The average Bonchev–Trinajstić information content (AvgIpc) is 2.95. The van der Waals surface area contributed by atoms with Crippen molar-refractivity contribution in [1.82, 2.24) is 4.98 Å². The highest BCUT2D eigenvalue weighted by atomic mass is 32.1. The highest BCUT2D eigenvalue weighted by Gasteiger charge is 2.16. The fourth-order valence-corrected chi connectivity index (χ4v) is 3.03. The molecule has 2 aromatic heterocycles. The fourth-order valence-electron chi connectivity index (χ4n) is 1.40.